The lowest BCUT2D eigenvalue weighted by Crippen LogP contribution is -2.13. The van der Waals surface area contributed by atoms with Gasteiger partial charge in [0, 0.05) is 23.6 Å². The standard InChI is InChI=1S/C20H16N4O2S/c1-11-6-3-4-8-14(11)22-19(26)16-12(2)15-18(25)23-17(24-20(15)27-16)13-7-5-9-21-10-13/h3-10H,1-2H3,(H,22,26)(H,23,24,25). The summed E-state index contributed by atoms with van der Waals surface area (Å²) in [5.41, 5.74) is 2.81. The van der Waals surface area contributed by atoms with E-state index in [9.17, 15) is 9.59 Å². The van der Waals surface area contributed by atoms with Crippen molar-refractivity contribution < 1.29 is 4.79 Å². The second-order valence-electron chi connectivity index (χ2n) is 6.16. The lowest BCUT2D eigenvalue weighted by Gasteiger charge is -2.07. The molecular weight excluding hydrogens is 360 g/mol. The molecule has 2 N–H and O–H groups in total. The number of rotatable bonds is 3. The Morgan fingerprint density at radius 1 is 1.15 bits per heavy atom. The number of amides is 1. The van der Waals surface area contributed by atoms with Gasteiger partial charge < -0.3 is 10.3 Å². The first-order valence-electron chi connectivity index (χ1n) is 8.35. The van der Waals surface area contributed by atoms with E-state index in [-0.39, 0.29) is 11.5 Å². The van der Waals surface area contributed by atoms with Gasteiger partial charge in [-0.3, -0.25) is 14.6 Å². The molecule has 1 amide bonds. The van der Waals surface area contributed by atoms with Gasteiger partial charge in [-0.05, 0) is 43.2 Å². The monoisotopic (exact) mass is 376 g/mol. The molecule has 134 valence electrons. The highest BCUT2D eigenvalue weighted by atomic mass is 32.1. The summed E-state index contributed by atoms with van der Waals surface area (Å²) in [6.07, 6.45) is 3.29. The van der Waals surface area contributed by atoms with E-state index >= 15 is 0 Å². The number of H-pyrrole nitrogens is 1. The topological polar surface area (TPSA) is 87.7 Å². The number of benzene rings is 1. The van der Waals surface area contributed by atoms with Crippen molar-refractivity contribution >= 4 is 33.1 Å². The van der Waals surface area contributed by atoms with Crippen LogP contribution in [0, 0.1) is 13.8 Å². The van der Waals surface area contributed by atoms with Gasteiger partial charge >= 0.3 is 0 Å². The first-order chi connectivity index (χ1) is 13.0. The number of aromatic nitrogens is 3. The van der Waals surface area contributed by atoms with E-state index in [4.69, 9.17) is 0 Å². The van der Waals surface area contributed by atoms with Crippen LogP contribution < -0.4 is 10.9 Å². The molecule has 4 aromatic rings. The number of fused-ring (bicyclic) bond motifs is 1. The molecule has 0 radical (unpaired) electrons. The number of carbonyl (C=O) groups is 1. The van der Waals surface area contributed by atoms with Gasteiger partial charge in [0.05, 0.1) is 10.3 Å². The molecule has 0 fully saturated rings. The van der Waals surface area contributed by atoms with Crippen LogP contribution in [0.25, 0.3) is 21.6 Å². The minimum absolute atomic E-state index is 0.243. The Kier molecular flexibility index (Phi) is 4.29. The SMILES string of the molecule is Cc1ccccc1NC(=O)c1sc2nc(-c3cccnc3)[nH]c(=O)c2c1C. The van der Waals surface area contributed by atoms with Gasteiger partial charge in [-0.2, -0.15) is 0 Å². The van der Waals surface area contributed by atoms with Gasteiger partial charge in [-0.15, -0.1) is 11.3 Å². The van der Waals surface area contributed by atoms with Crippen LogP contribution >= 0.6 is 11.3 Å². The van der Waals surface area contributed by atoms with Crippen LogP contribution in [0.2, 0.25) is 0 Å². The smallest absolute Gasteiger partial charge is 0.266 e. The summed E-state index contributed by atoms with van der Waals surface area (Å²) in [6.45, 7) is 3.70. The maximum absolute atomic E-state index is 12.8. The van der Waals surface area contributed by atoms with E-state index in [1.165, 1.54) is 11.3 Å². The lowest BCUT2D eigenvalue weighted by atomic mass is 10.1. The van der Waals surface area contributed by atoms with Gasteiger partial charge in [-0.25, -0.2) is 4.98 Å². The molecule has 0 aliphatic rings. The molecule has 7 heteroatoms. The molecule has 0 saturated carbocycles. The third kappa shape index (κ3) is 3.13. The molecule has 3 aromatic heterocycles. The fourth-order valence-corrected chi connectivity index (χ4v) is 3.97. The molecule has 0 aliphatic heterocycles. The van der Waals surface area contributed by atoms with E-state index in [2.05, 4.69) is 20.3 Å². The quantitative estimate of drug-likeness (QED) is 0.567. The van der Waals surface area contributed by atoms with Crippen molar-refractivity contribution in [3.8, 4) is 11.4 Å². The van der Waals surface area contributed by atoms with Crippen LogP contribution in [0.15, 0.2) is 53.6 Å². The van der Waals surface area contributed by atoms with Crippen LogP contribution in [-0.2, 0) is 0 Å². The Morgan fingerprint density at radius 2 is 1.96 bits per heavy atom. The highest BCUT2D eigenvalue weighted by Crippen LogP contribution is 2.29. The van der Waals surface area contributed by atoms with Crippen molar-refractivity contribution in [2.75, 3.05) is 5.32 Å². The Bertz CT molecular complexity index is 1210. The molecule has 1 aromatic carbocycles. The van der Waals surface area contributed by atoms with Crippen molar-refractivity contribution in [2.24, 2.45) is 0 Å². The summed E-state index contributed by atoms with van der Waals surface area (Å²) in [5.74, 6) is 0.194. The maximum Gasteiger partial charge on any atom is 0.266 e. The fourth-order valence-electron chi connectivity index (χ4n) is 2.89. The first kappa shape index (κ1) is 17.1. The summed E-state index contributed by atoms with van der Waals surface area (Å²) < 4.78 is 0. The molecule has 0 spiro atoms. The molecule has 4 rings (SSSR count). The summed E-state index contributed by atoms with van der Waals surface area (Å²) >= 11 is 1.22. The molecule has 0 unspecified atom stereocenters. The van der Waals surface area contributed by atoms with Crippen LogP contribution in [0.3, 0.4) is 0 Å². The van der Waals surface area contributed by atoms with Crippen molar-refractivity contribution in [1.82, 2.24) is 15.0 Å². The van der Waals surface area contributed by atoms with Crippen LogP contribution in [0.1, 0.15) is 20.8 Å². The van der Waals surface area contributed by atoms with Crippen LogP contribution in [-0.4, -0.2) is 20.9 Å². The summed E-state index contributed by atoms with van der Waals surface area (Å²) in [5, 5.41) is 3.36. The Balaban J connectivity index is 1.78. The number of aryl methyl sites for hydroxylation is 2. The number of thiophene rings is 1. The second kappa shape index (κ2) is 6.77. The van der Waals surface area contributed by atoms with E-state index < -0.39 is 0 Å². The van der Waals surface area contributed by atoms with Crippen LogP contribution in [0.5, 0.6) is 0 Å². The maximum atomic E-state index is 12.8. The van der Waals surface area contributed by atoms with Crippen LogP contribution in [0.4, 0.5) is 5.69 Å². The number of carbonyl (C=O) groups excluding carboxylic acids is 1. The minimum Gasteiger partial charge on any atom is -0.321 e. The predicted molar refractivity (Wildman–Crippen MR) is 107 cm³/mol. The van der Waals surface area contributed by atoms with Gasteiger partial charge in [-0.1, -0.05) is 18.2 Å². The lowest BCUT2D eigenvalue weighted by molar-refractivity contribution is 0.103. The van der Waals surface area contributed by atoms with Crippen molar-refractivity contribution in [3.05, 3.63) is 75.1 Å². The number of nitrogens with zero attached hydrogens (tertiary/aromatic N) is 2. The number of para-hydroxylation sites is 1. The van der Waals surface area contributed by atoms with Crippen molar-refractivity contribution in [3.63, 3.8) is 0 Å². The molecule has 6 nitrogen and oxygen atoms in total. The van der Waals surface area contributed by atoms with E-state index in [1.807, 2.05) is 37.3 Å². The molecular formula is C20H16N4O2S. The van der Waals surface area contributed by atoms with E-state index in [0.717, 1.165) is 11.3 Å². The molecule has 0 saturated heterocycles. The predicted octanol–water partition coefficient (Wildman–Crippen LogP) is 3.92. The Hall–Kier alpha value is -3.32. The summed E-state index contributed by atoms with van der Waals surface area (Å²) in [6, 6.07) is 11.2. The fraction of sp³-hybridized carbons (Fsp3) is 0.100. The molecule has 0 bridgehead atoms. The number of hydrogen-bond donors (Lipinski definition) is 2. The largest absolute Gasteiger partial charge is 0.321 e. The zero-order valence-electron chi connectivity index (χ0n) is 14.7. The number of hydrogen-bond acceptors (Lipinski definition) is 5. The molecule has 0 atom stereocenters. The third-order valence-electron chi connectivity index (χ3n) is 4.34. The van der Waals surface area contributed by atoms with Gasteiger partial charge in [0.25, 0.3) is 11.5 Å². The van der Waals surface area contributed by atoms with E-state index in [1.54, 1.807) is 25.4 Å². The average Bonchev–Trinajstić information content (AvgIpc) is 3.01. The van der Waals surface area contributed by atoms with Crippen molar-refractivity contribution in [1.29, 1.82) is 0 Å². The zero-order valence-corrected chi connectivity index (χ0v) is 15.6. The van der Waals surface area contributed by atoms with Gasteiger partial charge in [0.2, 0.25) is 0 Å². The number of pyridine rings is 1. The second-order valence-corrected chi connectivity index (χ2v) is 7.16. The van der Waals surface area contributed by atoms with E-state index in [0.29, 0.717) is 32.0 Å². The van der Waals surface area contributed by atoms with Crippen molar-refractivity contribution in [2.45, 2.75) is 13.8 Å². The third-order valence-corrected chi connectivity index (χ3v) is 5.52. The molecule has 3 heterocycles. The summed E-state index contributed by atoms with van der Waals surface area (Å²) in [4.78, 5) is 37.8. The number of nitrogens with one attached hydrogen (secondary N) is 2. The number of anilines is 1. The number of aromatic amines is 1. The first-order valence-corrected chi connectivity index (χ1v) is 9.17. The molecule has 27 heavy (non-hydrogen) atoms. The molecule has 0 aliphatic carbocycles. The Labute approximate surface area is 158 Å². The highest BCUT2D eigenvalue weighted by Gasteiger charge is 2.20. The minimum atomic E-state index is -0.262. The summed E-state index contributed by atoms with van der Waals surface area (Å²) in [7, 11) is 0. The normalized spacial score (nSPS) is 10.9. The Morgan fingerprint density at radius 3 is 2.70 bits per heavy atom. The average molecular weight is 376 g/mol. The zero-order chi connectivity index (χ0) is 19.0. The van der Waals surface area contributed by atoms with Gasteiger partial charge in [0.15, 0.2) is 0 Å². The highest BCUT2D eigenvalue weighted by molar-refractivity contribution is 7.20. The van der Waals surface area contributed by atoms with Gasteiger partial charge in [0.1, 0.15) is 10.7 Å².